The van der Waals surface area contributed by atoms with Crippen molar-refractivity contribution in [3.63, 3.8) is 0 Å². The maximum atomic E-state index is 12.7. The van der Waals surface area contributed by atoms with Gasteiger partial charge in [-0.1, -0.05) is 37.6 Å². The highest BCUT2D eigenvalue weighted by molar-refractivity contribution is 6.01. The quantitative estimate of drug-likeness (QED) is 0.665. The average molecular weight is 412 g/mol. The monoisotopic (exact) mass is 411 g/mol. The van der Waals surface area contributed by atoms with Crippen LogP contribution in [-0.2, 0) is 29.0 Å². The summed E-state index contributed by atoms with van der Waals surface area (Å²) in [5.41, 5.74) is 9.08. The lowest BCUT2D eigenvalue weighted by Crippen LogP contribution is -2.35. The van der Waals surface area contributed by atoms with E-state index < -0.39 is 0 Å². The molecule has 8 heteroatoms. The highest BCUT2D eigenvalue weighted by Gasteiger charge is 2.32. The molecule has 1 fully saturated rings. The maximum Gasteiger partial charge on any atom is 0.320 e. The van der Waals surface area contributed by atoms with E-state index in [2.05, 4.69) is 33.9 Å². The Labute approximate surface area is 177 Å². The second kappa shape index (κ2) is 9.40. The van der Waals surface area contributed by atoms with Crippen molar-refractivity contribution in [2.24, 2.45) is 0 Å². The first-order valence-corrected chi connectivity index (χ1v) is 10.6. The fourth-order valence-corrected chi connectivity index (χ4v) is 3.79. The molecule has 3 heterocycles. The smallest absolute Gasteiger partial charge is 0.320 e. The Morgan fingerprint density at radius 1 is 1.17 bits per heavy atom. The number of anilines is 2. The minimum absolute atomic E-state index is 0.0182. The van der Waals surface area contributed by atoms with Crippen molar-refractivity contribution in [3.8, 4) is 6.01 Å². The van der Waals surface area contributed by atoms with E-state index in [1.165, 1.54) is 5.56 Å². The van der Waals surface area contributed by atoms with Crippen LogP contribution in [0.4, 0.5) is 11.6 Å². The third-order valence-electron chi connectivity index (χ3n) is 5.45. The lowest BCUT2D eigenvalue weighted by Gasteiger charge is -2.26. The fourth-order valence-electron chi connectivity index (χ4n) is 3.79. The van der Waals surface area contributed by atoms with Gasteiger partial charge in [-0.2, -0.15) is 9.97 Å². The van der Waals surface area contributed by atoms with E-state index in [4.69, 9.17) is 15.2 Å². The lowest BCUT2D eigenvalue weighted by molar-refractivity contribution is -0.117. The van der Waals surface area contributed by atoms with E-state index in [0.29, 0.717) is 30.4 Å². The zero-order valence-corrected chi connectivity index (χ0v) is 17.5. The molecule has 0 atom stereocenters. The number of morpholine rings is 1. The van der Waals surface area contributed by atoms with E-state index in [1.54, 1.807) is 4.90 Å². The Bertz CT molecular complexity index is 898. The van der Waals surface area contributed by atoms with Gasteiger partial charge in [0.2, 0.25) is 5.91 Å². The standard InChI is InChI=1S/C22H29N5O3/c1-2-3-9-30-22-24-20(23)18-13-19(28)27(21(18)25-22)15-17-6-4-5-16(12-17)14-26-7-10-29-11-8-26/h4-6,12H,2-3,7-11,13-15H2,1H3,(H2,23,24,25). The highest BCUT2D eigenvalue weighted by Crippen LogP contribution is 2.33. The molecule has 2 aromatic rings. The number of carbonyl (C=O) groups excluding carboxylic acids is 1. The van der Waals surface area contributed by atoms with Gasteiger partial charge >= 0.3 is 6.01 Å². The number of nitrogen functional groups attached to an aromatic ring is 1. The Balaban J connectivity index is 1.50. The summed E-state index contributed by atoms with van der Waals surface area (Å²) in [7, 11) is 0. The molecular weight excluding hydrogens is 382 g/mol. The van der Waals surface area contributed by atoms with Crippen LogP contribution in [0.1, 0.15) is 36.5 Å². The molecule has 0 unspecified atom stereocenters. The average Bonchev–Trinajstić information content (AvgIpc) is 3.05. The molecule has 0 aliphatic carbocycles. The molecule has 1 aromatic carbocycles. The summed E-state index contributed by atoms with van der Waals surface area (Å²) in [6.45, 7) is 7.41. The fraction of sp³-hybridized carbons (Fsp3) is 0.500. The number of aromatic nitrogens is 2. The number of benzene rings is 1. The van der Waals surface area contributed by atoms with Gasteiger partial charge in [-0.15, -0.1) is 0 Å². The number of rotatable bonds is 8. The Morgan fingerprint density at radius 2 is 1.93 bits per heavy atom. The number of hydrogen-bond donors (Lipinski definition) is 1. The molecule has 2 aliphatic heterocycles. The number of unbranched alkanes of at least 4 members (excludes halogenated alkanes) is 1. The first-order valence-electron chi connectivity index (χ1n) is 10.6. The third-order valence-corrected chi connectivity index (χ3v) is 5.45. The van der Waals surface area contributed by atoms with Crippen LogP contribution in [0.15, 0.2) is 24.3 Å². The normalized spacial score (nSPS) is 16.7. The first kappa shape index (κ1) is 20.6. The van der Waals surface area contributed by atoms with Crippen LogP contribution < -0.4 is 15.4 Å². The van der Waals surface area contributed by atoms with Gasteiger partial charge < -0.3 is 15.2 Å². The van der Waals surface area contributed by atoms with Crippen molar-refractivity contribution < 1.29 is 14.3 Å². The van der Waals surface area contributed by atoms with Gasteiger partial charge in [0, 0.05) is 25.2 Å². The molecular formula is C22H29N5O3. The predicted octanol–water partition coefficient (Wildman–Crippen LogP) is 2.16. The molecule has 2 N–H and O–H groups in total. The van der Waals surface area contributed by atoms with Crippen molar-refractivity contribution in [1.82, 2.24) is 14.9 Å². The first-order chi connectivity index (χ1) is 14.6. The molecule has 0 saturated carbocycles. The zero-order chi connectivity index (χ0) is 20.9. The van der Waals surface area contributed by atoms with Crippen LogP contribution in [0.2, 0.25) is 0 Å². The summed E-state index contributed by atoms with van der Waals surface area (Å²) < 4.78 is 11.1. The summed E-state index contributed by atoms with van der Waals surface area (Å²) in [5.74, 6) is 0.872. The number of hydrogen-bond acceptors (Lipinski definition) is 7. The van der Waals surface area contributed by atoms with E-state index in [0.717, 1.165) is 51.3 Å². The number of ether oxygens (including phenoxy) is 2. The summed E-state index contributed by atoms with van der Waals surface area (Å²) in [5, 5.41) is 0. The molecule has 8 nitrogen and oxygen atoms in total. The maximum absolute atomic E-state index is 12.7. The van der Waals surface area contributed by atoms with E-state index in [-0.39, 0.29) is 18.3 Å². The number of nitrogens with zero attached hydrogens (tertiary/aromatic N) is 4. The second-order valence-electron chi connectivity index (χ2n) is 7.76. The van der Waals surface area contributed by atoms with Crippen LogP contribution in [-0.4, -0.2) is 53.7 Å². The lowest BCUT2D eigenvalue weighted by atomic mass is 10.1. The van der Waals surface area contributed by atoms with E-state index in [1.807, 2.05) is 12.1 Å². The number of nitrogens with two attached hydrogens (primary N) is 1. The van der Waals surface area contributed by atoms with Gasteiger partial charge in [-0.05, 0) is 17.5 Å². The number of amides is 1. The minimum Gasteiger partial charge on any atom is -0.463 e. The minimum atomic E-state index is -0.0182. The van der Waals surface area contributed by atoms with Gasteiger partial charge in [0.05, 0.1) is 32.8 Å². The van der Waals surface area contributed by atoms with Crippen LogP contribution >= 0.6 is 0 Å². The molecule has 2 aliphatic rings. The zero-order valence-electron chi connectivity index (χ0n) is 17.5. The molecule has 0 bridgehead atoms. The molecule has 30 heavy (non-hydrogen) atoms. The molecule has 160 valence electrons. The SMILES string of the molecule is CCCCOc1nc(N)c2c(n1)N(Cc1cccc(CN3CCOCC3)c1)C(=O)C2. The highest BCUT2D eigenvalue weighted by atomic mass is 16.5. The third kappa shape index (κ3) is 4.71. The summed E-state index contributed by atoms with van der Waals surface area (Å²) >= 11 is 0. The largest absolute Gasteiger partial charge is 0.463 e. The molecule has 0 radical (unpaired) electrons. The van der Waals surface area contributed by atoms with Crippen LogP contribution in [0.3, 0.4) is 0 Å². The van der Waals surface area contributed by atoms with Gasteiger partial charge in [-0.3, -0.25) is 14.6 Å². The van der Waals surface area contributed by atoms with Crippen molar-refractivity contribution in [2.45, 2.75) is 39.3 Å². The van der Waals surface area contributed by atoms with E-state index >= 15 is 0 Å². The topological polar surface area (TPSA) is 93.8 Å². The second-order valence-corrected chi connectivity index (χ2v) is 7.76. The van der Waals surface area contributed by atoms with Crippen molar-refractivity contribution >= 4 is 17.5 Å². The van der Waals surface area contributed by atoms with Crippen molar-refractivity contribution in [3.05, 3.63) is 41.0 Å². The Hall–Kier alpha value is -2.71. The van der Waals surface area contributed by atoms with Gasteiger partial charge in [0.15, 0.2) is 0 Å². The summed E-state index contributed by atoms with van der Waals surface area (Å²) in [6, 6.07) is 8.60. The number of fused-ring (bicyclic) bond motifs is 1. The van der Waals surface area contributed by atoms with Crippen LogP contribution in [0.5, 0.6) is 6.01 Å². The van der Waals surface area contributed by atoms with Crippen LogP contribution in [0, 0.1) is 0 Å². The Morgan fingerprint density at radius 3 is 2.70 bits per heavy atom. The van der Waals surface area contributed by atoms with Crippen molar-refractivity contribution in [1.29, 1.82) is 0 Å². The molecule has 1 saturated heterocycles. The van der Waals surface area contributed by atoms with Gasteiger partial charge in [0.25, 0.3) is 0 Å². The van der Waals surface area contributed by atoms with Gasteiger partial charge in [-0.25, -0.2) is 0 Å². The summed E-state index contributed by atoms with van der Waals surface area (Å²) in [4.78, 5) is 25.5. The van der Waals surface area contributed by atoms with Gasteiger partial charge in [0.1, 0.15) is 11.6 Å². The molecule has 1 amide bonds. The molecule has 0 spiro atoms. The van der Waals surface area contributed by atoms with E-state index in [9.17, 15) is 4.79 Å². The summed E-state index contributed by atoms with van der Waals surface area (Å²) in [6.07, 6.45) is 2.16. The Kier molecular flexibility index (Phi) is 6.44. The molecule has 1 aromatic heterocycles. The van der Waals surface area contributed by atoms with Crippen molar-refractivity contribution in [2.75, 3.05) is 43.5 Å². The number of carbonyl (C=O) groups is 1. The van der Waals surface area contributed by atoms with Crippen LogP contribution in [0.25, 0.3) is 0 Å². The molecule has 4 rings (SSSR count). The predicted molar refractivity (Wildman–Crippen MR) is 114 cm³/mol.